The molecule has 0 radical (unpaired) electrons. The molecule has 0 saturated carbocycles. The minimum atomic E-state index is -0.625. The summed E-state index contributed by atoms with van der Waals surface area (Å²) in [5.74, 6) is 0.663. The molecular formula is C32H26N6O5S. The van der Waals surface area contributed by atoms with Crippen LogP contribution in [0.2, 0.25) is 0 Å². The van der Waals surface area contributed by atoms with Crippen LogP contribution < -0.4 is 5.32 Å². The van der Waals surface area contributed by atoms with E-state index in [1.807, 2.05) is 65.2 Å². The van der Waals surface area contributed by atoms with E-state index in [1.165, 1.54) is 42.1 Å². The highest BCUT2D eigenvalue weighted by molar-refractivity contribution is 7.98. The van der Waals surface area contributed by atoms with Gasteiger partial charge in [0.15, 0.2) is 11.0 Å². The fraction of sp³-hybridized carbons (Fsp3) is 0.0938. The number of thioether (sulfide) groups is 1. The second-order valence-corrected chi connectivity index (χ2v) is 10.6. The number of non-ortho nitro benzene ring substituents is 2. The molecule has 1 heterocycles. The Balaban J connectivity index is 1.48. The summed E-state index contributed by atoms with van der Waals surface area (Å²) in [5, 5.41) is 34.9. The highest BCUT2D eigenvalue weighted by atomic mass is 32.2. The average molecular weight is 607 g/mol. The maximum Gasteiger partial charge on any atom is 0.269 e. The van der Waals surface area contributed by atoms with E-state index >= 15 is 0 Å². The van der Waals surface area contributed by atoms with Gasteiger partial charge in [-0.15, -0.1) is 10.2 Å². The molecule has 0 aliphatic rings. The fourth-order valence-corrected chi connectivity index (χ4v) is 5.36. The monoisotopic (exact) mass is 606 g/mol. The molecular weight excluding hydrogens is 580 g/mol. The van der Waals surface area contributed by atoms with Gasteiger partial charge in [-0.2, -0.15) is 0 Å². The van der Waals surface area contributed by atoms with Crippen molar-refractivity contribution >= 4 is 35.1 Å². The van der Waals surface area contributed by atoms with Crippen molar-refractivity contribution in [3.8, 4) is 5.69 Å². The van der Waals surface area contributed by atoms with Gasteiger partial charge in [0.2, 0.25) is 5.91 Å². The third kappa shape index (κ3) is 7.61. The van der Waals surface area contributed by atoms with Gasteiger partial charge in [0.05, 0.1) is 15.9 Å². The predicted octanol–water partition coefficient (Wildman–Crippen LogP) is 6.49. The van der Waals surface area contributed by atoms with Crippen LogP contribution in [0, 0.1) is 20.2 Å². The van der Waals surface area contributed by atoms with Crippen molar-refractivity contribution in [2.45, 2.75) is 23.4 Å². The molecule has 5 rings (SSSR count). The minimum absolute atomic E-state index is 0.0407. The summed E-state index contributed by atoms with van der Waals surface area (Å²) in [6.07, 6.45) is 3.32. The Morgan fingerprint density at radius 1 is 0.795 bits per heavy atom. The first-order chi connectivity index (χ1) is 21.4. The van der Waals surface area contributed by atoms with E-state index < -0.39 is 21.8 Å². The first-order valence-electron chi connectivity index (χ1n) is 13.5. The smallest absolute Gasteiger partial charge is 0.269 e. The molecule has 0 bridgehead atoms. The lowest BCUT2D eigenvalue weighted by Crippen LogP contribution is -2.30. The summed E-state index contributed by atoms with van der Waals surface area (Å²) in [6, 6.07) is 30.8. The number of nitrogens with zero attached hydrogens (tertiary/aromatic N) is 5. The van der Waals surface area contributed by atoms with Crippen LogP contribution in [0.15, 0.2) is 120 Å². The Kier molecular flexibility index (Phi) is 9.52. The molecule has 4 aromatic carbocycles. The fourth-order valence-electron chi connectivity index (χ4n) is 4.44. The molecule has 1 N–H and O–H groups in total. The number of benzene rings is 4. The molecule has 1 aromatic heterocycles. The standard InChI is InChI=1S/C32H26N6O5S/c39-30(20-13-23-11-14-27(15-12-23)37(40)41)33-29(21-24-7-3-1-4-8-24)31-34-35-32(44-22-25-9-5-2-6-10-25)36(31)26-16-18-28(19-17-26)38(42)43/h1-20,29H,21-22H2,(H,33,39)/b20-13+. The lowest BCUT2D eigenvalue weighted by atomic mass is 10.0. The number of nitro benzene ring substituents is 2. The Morgan fingerprint density at radius 2 is 1.36 bits per heavy atom. The van der Waals surface area contributed by atoms with Crippen LogP contribution in [0.3, 0.4) is 0 Å². The zero-order chi connectivity index (χ0) is 30.9. The molecule has 0 aliphatic heterocycles. The van der Waals surface area contributed by atoms with Crippen molar-refractivity contribution in [3.63, 3.8) is 0 Å². The summed E-state index contributed by atoms with van der Waals surface area (Å²) < 4.78 is 1.81. The van der Waals surface area contributed by atoms with Crippen molar-refractivity contribution in [2.24, 2.45) is 0 Å². The van der Waals surface area contributed by atoms with Crippen LogP contribution in [0.1, 0.15) is 28.6 Å². The second-order valence-electron chi connectivity index (χ2n) is 9.66. The molecule has 0 aliphatic carbocycles. The van der Waals surface area contributed by atoms with Gasteiger partial charge in [0.25, 0.3) is 11.4 Å². The normalized spacial score (nSPS) is 11.7. The van der Waals surface area contributed by atoms with Crippen LogP contribution >= 0.6 is 11.8 Å². The van der Waals surface area contributed by atoms with Crippen molar-refractivity contribution in [2.75, 3.05) is 0 Å². The minimum Gasteiger partial charge on any atom is -0.342 e. The molecule has 0 saturated heterocycles. The molecule has 1 unspecified atom stereocenters. The summed E-state index contributed by atoms with van der Waals surface area (Å²) >= 11 is 1.46. The van der Waals surface area contributed by atoms with E-state index in [0.29, 0.717) is 34.4 Å². The van der Waals surface area contributed by atoms with E-state index in [-0.39, 0.29) is 11.4 Å². The van der Waals surface area contributed by atoms with Gasteiger partial charge in [0, 0.05) is 41.8 Å². The van der Waals surface area contributed by atoms with Gasteiger partial charge < -0.3 is 5.32 Å². The molecule has 12 heteroatoms. The number of nitro groups is 2. The third-order valence-corrected chi connectivity index (χ3v) is 7.63. The lowest BCUT2D eigenvalue weighted by Gasteiger charge is -2.19. The molecule has 11 nitrogen and oxygen atoms in total. The largest absolute Gasteiger partial charge is 0.342 e. The van der Waals surface area contributed by atoms with Crippen molar-refractivity contribution in [1.29, 1.82) is 0 Å². The first kappa shape index (κ1) is 29.9. The van der Waals surface area contributed by atoms with Gasteiger partial charge in [-0.1, -0.05) is 72.4 Å². The van der Waals surface area contributed by atoms with Gasteiger partial charge in [0.1, 0.15) is 0 Å². The molecule has 44 heavy (non-hydrogen) atoms. The predicted molar refractivity (Wildman–Crippen MR) is 167 cm³/mol. The zero-order valence-electron chi connectivity index (χ0n) is 23.2. The van der Waals surface area contributed by atoms with Crippen LogP contribution in [0.5, 0.6) is 0 Å². The van der Waals surface area contributed by atoms with Crippen LogP contribution in [-0.4, -0.2) is 30.5 Å². The lowest BCUT2D eigenvalue weighted by molar-refractivity contribution is -0.385. The Labute approximate surface area is 256 Å². The zero-order valence-corrected chi connectivity index (χ0v) is 24.0. The first-order valence-corrected chi connectivity index (χ1v) is 14.5. The second kappa shape index (κ2) is 14.0. The SMILES string of the molecule is O=C(/C=C/c1ccc([N+](=O)[O-])cc1)NC(Cc1ccccc1)c1nnc(SCc2ccccc2)n1-c1ccc([N+](=O)[O-])cc1. The molecule has 220 valence electrons. The van der Waals surface area contributed by atoms with Gasteiger partial charge >= 0.3 is 0 Å². The molecule has 0 fully saturated rings. The van der Waals surface area contributed by atoms with Gasteiger partial charge in [-0.05, 0) is 53.5 Å². The third-order valence-electron chi connectivity index (χ3n) is 6.63. The Hall–Kier alpha value is -5.62. The number of carbonyl (C=O) groups excluding carboxylic acids is 1. The van der Waals surface area contributed by atoms with E-state index in [0.717, 1.165) is 11.1 Å². The van der Waals surface area contributed by atoms with Crippen molar-refractivity contribution < 1.29 is 14.6 Å². The summed E-state index contributed by atoms with van der Waals surface area (Å²) in [7, 11) is 0. The maximum atomic E-state index is 13.2. The van der Waals surface area contributed by atoms with E-state index in [1.54, 1.807) is 30.3 Å². The van der Waals surface area contributed by atoms with Crippen LogP contribution in [0.25, 0.3) is 11.8 Å². The van der Waals surface area contributed by atoms with Gasteiger partial charge in [-0.25, -0.2) is 0 Å². The van der Waals surface area contributed by atoms with Gasteiger partial charge in [-0.3, -0.25) is 29.6 Å². The molecule has 5 aromatic rings. The number of rotatable bonds is 12. The topological polar surface area (TPSA) is 146 Å². The van der Waals surface area contributed by atoms with E-state index in [2.05, 4.69) is 15.5 Å². The number of hydrogen-bond donors (Lipinski definition) is 1. The summed E-state index contributed by atoms with van der Waals surface area (Å²) in [4.78, 5) is 34.5. The van der Waals surface area contributed by atoms with Crippen molar-refractivity contribution in [3.05, 3.63) is 158 Å². The highest BCUT2D eigenvalue weighted by Gasteiger charge is 2.25. The van der Waals surface area contributed by atoms with Crippen LogP contribution in [-0.2, 0) is 17.0 Å². The molecule has 1 amide bonds. The van der Waals surface area contributed by atoms with Crippen molar-refractivity contribution in [1.82, 2.24) is 20.1 Å². The number of amides is 1. The summed E-state index contributed by atoms with van der Waals surface area (Å²) in [6.45, 7) is 0. The quantitative estimate of drug-likeness (QED) is 0.0734. The molecule has 0 spiro atoms. The number of carbonyl (C=O) groups is 1. The highest BCUT2D eigenvalue weighted by Crippen LogP contribution is 2.30. The number of nitrogens with one attached hydrogen (secondary N) is 1. The molecule has 1 atom stereocenters. The average Bonchev–Trinajstić information content (AvgIpc) is 3.47. The van der Waals surface area contributed by atoms with E-state index in [4.69, 9.17) is 0 Å². The number of hydrogen-bond acceptors (Lipinski definition) is 8. The van der Waals surface area contributed by atoms with Crippen LogP contribution in [0.4, 0.5) is 11.4 Å². The maximum absolute atomic E-state index is 13.2. The Morgan fingerprint density at radius 3 is 1.95 bits per heavy atom. The van der Waals surface area contributed by atoms with E-state index in [9.17, 15) is 25.0 Å². The Bertz CT molecular complexity index is 1780. The summed E-state index contributed by atoms with van der Waals surface area (Å²) in [5.41, 5.74) is 3.18. The number of aromatic nitrogens is 3.